The molecule has 0 radical (unpaired) electrons. The average molecular weight is 182 g/mol. The summed E-state index contributed by atoms with van der Waals surface area (Å²) in [5.74, 6) is 1.37. The maximum absolute atomic E-state index is 11.9. The number of nitrogens with one attached hydrogen (secondary N) is 1. The number of hydrogen-bond acceptors (Lipinski definition) is 2. The molecule has 0 bridgehead atoms. The number of nitrogens with zero attached hydrogens (tertiary/aromatic N) is 1. The van der Waals surface area contributed by atoms with E-state index >= 15 is 0 Å². The molecule has 2 fully saturated rings. The Balaban J connectivity index is 1.94. The topological polar surface area (TPSA) is 32.3 Å². The van der Waals surface area contributed by atoms with Gasteiger partial charge in [-0.05, 0) is 19.3 Å². The highest BCUT2D eigenvalue weighted by Gasteiger charge is 2.42. The van der Waals surface area contributed by atoms with E-state index in [4.69, 9.17) is 0 Å². The first-order valence-electron chi connectivity index (χ1n) is 5.21. The van der Waals surface area contributed by atoms with Crippen molar-refractivity contribution in [3.05, 3.63) is 0 Å². The second-order valence-electron chi connectivity index (χ2n) is 4.40. The van der Waals surface area contributed by atoms with Gasteiger partial charge < -0.3 is 10.2 Å². The molecular formula is C10H18N2O. The summed E-state index contributed by atoms with van der Waals surface area (Å²) < 4.78 is 0. The van der Waals surface area contributed by atoms with Gasteiger partial charge >= 0.3 is 0 Å². The number of carbonyl (C=O) groups excluding carboxylic acids is 1. The van der Waals surface area contributed by atoms with E-state index in [2.05, 4.69) is 19.2 Å². The van der Waals surface area contributed by atoms with Crippen LogP contribution < -0.4 is 5.32 Å². The van der Waals surface area contributed by atoms with E-state index in [1.807, 2.05) is 4.90 Å². The van der Waals surface area contributed by atoms with Gasteiger partial charge in [-0.1, -0.05) is 6.92 Å². The molecule has 1 heterocycles. The van der Waals surface area contributed by atoms with Gasteiger partial charge in [0.1, 0.15) is 0 Å². The number of rotatable bonds is 1. The van der Waals surface area contributed by atoms with Crippen LogP contribution in [0, 0.1) is 11.8 Å². The summed E-state index contributed by atoms with van der Waals surface area (Å²) in [6, 6.07) is 0.383. The average Bonchev–Trinajstić information content (AvgIpc) is 2.82. The molecule has 1 saturated carbocycles. The third-order valence-corrected chi connectivity index (χ3v) is 3.21. The highest BCUT2D eigenvalue weighted by Crippen LogP contribution is 2.39. The minimum atomic E-state index is 0.348. The predicted molar refractivity (Wildman–Crippen MR) is 51.3 cm³/mol. The Hall–Kier alpha value is -0.570. The van der Waals surface area contributed by atoms with E-state index in [1.54, 1.807) is 0 Å². The lowest BCUT2D eigenvalue weighted by Gasteiger charge is -2.34. The molecule has 0 aromatic heterocycles. The Morgan fingerprint density at radius 2 is 2.15 bits per heavy atom. The minimum absolute atomic E-state index is 0.348. The van der Waals surface area contributed by atoms with Crippen molar-refractivity contribution in [2.75, 3.05) is 19.6 Å². The molecule has 3 heteroatoms. The Bertz CT molecular complexity index is 217. The number of piperazine rings is 1. The normalized spacial score (nSPS) is 38.9. The number of carbonyl (C=O) groups is 1. The molecule has 1 amide bonds. The molecule has 2 unspecified atom stereocenters. The van der Waals surface area contributed by atoms with Gasteiger partial charge in [-0.25, -0.2) is 0 Å². The van der Waals surface area contributed by atoms with Crippen LogP contribution in [-0.4, -0.2) is 36.5 Å². The summed E-state index contributed by atoms with van der Waals surface area (Å²) in [6.07, 6.45) is 1.11. The van der Waals surface area contributed by atoms with Gasteiger partial charge in [0, 0.05) is 31.6 Å². The van der Waals surface area contributed by atoms with Crippen LogP contribution in [0.25, 0.3) is 0 Å². The third-order valence-electron chi connectivity index (χ3n) is 3.21. The van der Waals surface area contributed by atoms with Crippen LogP contribution in [0.3, 0.4) is 0 Å². The van der Waals surface area contributed by atoms with Crippen molar-refractivity contribution in [3.63, 3.8) is 0 Å². The molecule has 0 aromatic carbocycles. The van der Waals surface area contributed by atoms with Crippen LogP contribution in [0.2, 0.25) is 0 Å². The van der Waals surface area contributed by atoms with Crippen molar-refractivity contribution in [1.29, 1.82) is 0 Å². The summed E-state index contributed by atoms with van der Waals surface area (Å²) in [7, 11) is 0. The van der Waals surface area contributed by atoms with Gasteiger partial charge in [0.05, 0.1) is 0 Å². The summed E-state index contributed by atoms with van der Waals surface area (Å²) in [5.41, 5.74) is 0. The van der Waals surface area contributed by atoms with Crippen molar-refractivity contribution in [2.45, 2.75) is 26.3 Å². The van der Waals surface area contributed by atoms with Gasteiger partial charge in [-0.2, -0.15) is 0 Å². The molecule has 1 saturated heterocycles. The first-order chi connectivity index (χ1) is 6.20. The van der Waals surface area contributed by atoms with Crippen molar-refractivity contribution in [3.8, 4) is 0 Å². The van der Waals surface area contributed by atoms with Gasteiger partial charge in [-0.15, -0.1) is 0 Å². The Morgan fingerprint density at radius 3 is 2.69 bits per heavy atom. The van der Waals surface area contributed by atoms with Gasteiger partial charge in [-0.3, -0.25) is 4.79 Å². The first-order valence-corrected chi connectivity index (χ1v) is 5.21. The van der Waals surface area contributed by atoms with Crippen LogP contribution in [-0.2, 0) is 4.79 Å². The quantitative estimate of drug-likeness (QED) is 0.639. The first kappa shape index (κ1) is 9.00. The minimum Gasteiger partial charge on any atom is -0.337 e. The van der Waals surface area contributed by atoms with Crippen LogP contribution in [0.15, 0.2) is 0 Å². The second-order valence-corrected chi connectivity index (χ2v) is 4.40. The van der Waals surface area contributed by atoms with Gasteiger partial charge in [0.15, 0.2) is 0 Å². The molecule has 13 heavy (non-hydrogen) atoms. The van der Waals surface area contributed by atoms with Crippen molar-refractivity contribution >= 4 is 5.91 Å². The molecule has 0 aromatic rings. The molecule has 0 spiro atoms. The molecule has 2 rings (SSSR count). The van der Waals surface area contributed by atoms with E-state index in [1.165, 1.54) is 0 Å². The summed E-state index contributed by atoms with van der Waals surface area (Å²) in [5, 5.41) is 3.30. The zero-order valence-corrected chi connectivity index (χ0v) is 8.42. The lowest BCUT2D eigenvalue weighted by molar-refractivity contribution is -0.135. The maximum Gasteiger partial charge on any atom is 0.226 e. The highest BCUT2D eigenvalue weighted by atomic mass is 16.2. The standard InChI is InChI=1S/C10H18N2O/c1-7-5-9(7)10(13)12-4-3-11-6-8(12)2/h7-9,11H,3-6H2,1-2H3/t7?,8-,9?/m1/s1. The summed E-state index contributed by atoms with van der Waals surface area (Å²) >= 11 is 0. The molecule has 1 N–H and O–H groups in total. The maximum atomic E-state index is 11.9. The number of amides is 1. The van der Waals surface area contributed by atoms with Gasteiger partial charge in [0.25, 0.3) is 0 Å². The summed E-state index contributed by atoms with van der Waals surface area (Å²) in [4.78, 5) is 13.9. The Morgan fingerprint density at radius 1 is 1.46 bits per heavy atom. The van der Waals surface area contributed by atoms with Crippen molar-refractivity contribution in [2.24, 2.45) is 11.8 Å². The smallest absolute Gasteiger partial charge is 0.226 e. The highest BCUT2D eigenvalue weighted by molar-refractivity contribution is 5.82. The van der Waals surface area contributed by atoms with E-state index in [-0.39, 0.29) is 0 Å². The Labute approximate surface area is 79.5 Å². The largest absolute Gasteiger partial charge is 0.337 e. The fourth-order valence-corrected chi connectivity index (χ4v) is 2.05. The van der Waals surface area contributed by atoms with Crippen molar-refractivity contribution < 1.29 is 4.79 Å². The zero-order chi connectivity index (χ0) is 9.42. The monoisotopic (exact) mass is 182 g/mol. The third kappa shape index (κ3) is 1.70. The molecule has 1 aliphatic carbocycles. The molecule has 3 nitrogen and oxygen atoms in total. The zero-order valence-electron chi connectivity index (χ0n) is 8.42. The van der Waals surface area contributed by atoms with Crippen LogP contribution >= 0.6 is 0 Å². The fourth-order valence-electron chi connectivity index (χ4n) is 2.05. The molecular weight excluding hydrogens is 164 g/mol. The molecule has 74 valence electrons. The predicted octanol–water partition coefficient (Wildman–Crippen LogP) is 0.463. The molecule has 2 aliphatic rings. The lowest BCUT2D eigenvalue weighted by atomic mass is 10.2. The summed E-state index contributed by atoms with van der Waals surface area (Å²) in [6.45, 7) is 7.08. The van der Waals surface area contributed by atoms with E-state index in [0.29, 0.717) is 23.8 Å². The van der Waals surface area contributed by atoms with Crippen LogP contribution in [0.4, 0.5) is 0 Å². The van der Waals surface area contributed by atoms with Crippen LogP contribution in [0.5, 0.6) is 0 Å². The lowest BCUT2D eigenvalue weighted by Crippen LogP contribution is -2.52. The van der Waals surface area contributed by atoms with Crippen LogP contribution in [0.1, 0.15) is 20.3 Å². The molecule has 1 aliphatic heterocycles. The SMILES string of the molecule is CC1CC1C(=O)N1CCNC[C@H]1C. The molecule has 3 atom stereocenters. The number of hydrogen-bond donors (Lipinski definition) is 1. The van der Waals surface area contributed by atoms with E-state index in [9.17, 15) is 4.79 Å². The van der Waals surface area contributed by atoms with Crippen molar-refractivity contribution in [1.82, 2.24) is 10.2 Å². The Kier molecular flexibility index (Phi) is 2.28. The van der Waals surface area contributed by atoms with E-state index in [0.717, 1.165) is 26.1 Å². The van der Waals surface area contributed by atoms with E-state index < -0.39 is 0 Å². The fraction of sp³-hybridized carbons (Fsp3) is 0.900. The second kappa shape index (κ2) is 3.29. The van der Waals surface area contributed by atoms with Gasteiger partial charge in [0.2, 0.25) is 5.91 Å².